The minimum Gasteiger partial charge on any atom is -0.353 e. The van der Waals surface area contributed by atoms with Crippen LogP contribution >= 0.6 is 0 Å². The van der Waals surface area contributed by atoms with E-state index >= 15 is 0 Å². The number of nitrogens with zero attached hydrogens (tertiary/aromatic N) is 2. The van der Waals surface area contributed by atoms with Crippen molar-refractivity contribution in [3.8, 4) is 0 Å². The predicted molar refractivity (Wildman–Crippen MR) is 65.2 cm³/mol. The van der Waals surface area contributed by atoms with Gasteiger partial charge in [-0.2, -0.15) is 0 Å². The summed E-state index contributed by atoms with van der Waals surface area (Å²) in [4.78, 5) is 13.5. The average Bonchev–Trinajstić information content (AvgIpc) is 2.70. The van der Waals surface area contributed by atoms with E-state index in [0.717, 1.165) is 6.54 Å². The molecule has 0 radical (unpaired) electrons. The van der Waals surface area contributed by atoms with Crippen molar-refractivity contribution < 1.29 is 4.79 Å². The summed E-state index contributed by atoms with van der Waals surface area (Å²) in [5, 5.41) is 2.91. The fourth-order valence-electron chi connectivity index (χ4n) is 1.31. The van der Waals surface area contributed by atoms with Crippen LogP contribution in [0.15, 0.2) is 24.5 Å². The molecule has 0 fully saturated rings. The smallest absolute Gasteiger partial charge is 0.234 e. The van der Waals surface area contributed by atoms with Gasteiger partial charge < -0.3 is 9.88 Å². The van der Waals surface area contributed by atoms with Crippen LogP contribution in [0.4, 0.5) is 0 Å². The molecule has 0 saturated heterocycles. The zero-order chi connectivity index (χ0) is 12.0. The molecule has 1 N–H and O–H groups in total. The first-order chi connectivity index (χ1) is 7.59. The summed E-state index contributed by atoms with van der Waals surface area (Å²) in [6.07, 6.45) is 3.98. The fourth-order valence-corrected chi connectivity index (χ4v) is 1.31. The molecule has 0 aliphatic heterocycles. The van der Waals surface area contributed by atoms with Crippen LogP contribution < -0.4 is 5.32 Å². The summed E-state index contributed by atoms with van der Waals surface area (Å²) >= 11 is 0. The first-order valence-corrected chi connectivity index (χ1v) is 5.67. The van der Waals surface area contributed by atoms with Crippen molar-refractivity contribution in [1.29, 1.82) is 0 Å². The first kappa shape index (κ1) is 12.8. The Hall–Kier alpha value is -1.29. The summed E-state index contributed by atoms with van der Waals surface area (Å²) in [6.45, 7) is 6.12. The van der Waals surface area contributed by atoms with Crippen molar-refractivity contribution in [2.45, 2.75) is 26.4 Å². The Labute approximate surface area is 97.2 Å². The van der Waals surface area contributed by atoms with E-state index in [4.69, 9.17) is 0 Å². The highest BCUT2D eigenvalue weighted by Gasteiger charge is 2.08. The number of carbonyl (C=O) groups is 1. The second kappa shape index (κ2) is 6.33. The van der Waals surface area contributed by atoms with Gasteiger partial charge in [0.25, 0.3) is 0 Å². The van der Waals surface area contributed by atoms with Crippen LogP contribution in [0.1, 0.15) is 13.8 Å². The summed E-state index contributed by atoms with van der Waals surface area (Å²) in [7, 11) is 1.95. The molecule has 1 rings (SSSR count). The average molecular weight is 223 g/mol. The molecule has 0 atom stereocenters. The molecule has 4 heteroatoms. The molecule has 1 aromatic rings. The number of nitrogens with one attached hydrogen (secondary N) is 1. The van der Waals surface area contributed by atoms with Gasteiger partial charge in [-0.25, -0.2) is 0 Å². The Morgan fingerprint density at radius 3 is 2.56 bits per heavy atom. The molecule has 0 aromatic carbocycles. The lowest BCUT2D eigenvalue weighted by Crippen LogP contribution is -2.39. The number of amides is 1. The zero-order valence-corrected chi connectivity index (χ0v) is 10.3. The Morgan fingerprint density at radius 2 is 2.00 bits per heavy atom. The van der Waals surface area contributed by atoms with Crippen LogP contribution in [0.25, 0.3) is 0 Å². The van der Waals surface area contributed by atoms with Crippen LogP contribution in [0.5, 0.6) is 0 Å². The number of aromatic nitrogens is 1. The van der Waals surface area contributed by atoms with Crippen LogP contribution in [0.2, 0.25) is 0 Å². The molecule has 0 saturated carbocycles. The number of hydrogen-bond donors (Lipinski definition) is 1. The van der Waals surface area contributed by atoms with Gasteiger partial charge in [-0.05, 0) is 33.0 Å². The molecule has 1 amide bonds. The lowest BCUT2D eigenvalue weighted by molar-refractivity contribution is -0.122. The van der Waals surface area contributed by atoms with E-state index in [2.05, 4.69) is 19.2 Å². The highest BCUT2D eigenvalue weighted by atomic mass is 16.2. The molecule has 0 aliphatic rings. The van der Waals surface area contributed by atoms with E-state index in [0.29, 0.717) is 19.1 Å². The van der Waals surface area contributed by atoms with Crippen molar-refractivity contribution >= 4 is 5.91 Å². The molecule has 0 aliphatic carbocycles. The molecule has 16 heavy (non-hydrogen) atoms. The van der Waals surface area contributed by atoms with E-state index < -0.39 is 0 Å². The summed E-state index contributed by atoms with van der Waals surface area (Å²) < 4.78 is 2.05. The van der Waals surface area contributed by atoms with Crippen molar-refractivity contribution in [2.75, 3.05) is 20.1 Å². The Kier molecular flexibility index (Phi) is 5.05. The minimum atomic E-state index is 0.0864. The van der Waals surface area contributed by atoms with E-state index in [9.17, 15) is 4.79 Å². The van der Waals surface area contributed by atoms with Gasteiger partial charge in [0.2, 0.25) is 5.91 Å². The fraction of sp³-hybridized carbons (Fsp3) is 0.583. The Bertz CT molecular complexity index is 306. The second-order valence-corrected chi connectivity index (χ2v) is 4.28. The first-order valence-electron chi connectivity index (χ1n) is 5.67. The molecule has 1 aromatic heterocycles. The van der Waals surface area contributed by atoms with Crippen LogP contribution in [0, 0.1) is 0 Å². The largest absolute Gasteiger partial charge is 0.353 e. The number of carbonyl (C=O) groups excluding carboxylic acids is 1. The van der Waals surface area contributed by atoms with Crippen molar-refractivity contribution in [2.24, 2.45) is 0 Å². The third kappa shape index (κ3) is 4.49. The van der Waals surface area contributed by atoms with Gasteiger partial charge >= 0.3 is 0 Å². The highest BCUT2D eigenvalue weighted by Crippen LogP contribution is 1.92. The Balaban J connectivity index is 2.15. The maximum Gasteiger partial charge on any atom is 0.234 e. The van der Waals surface area contributed by atoms with Gasteiger partial charge in [-0.1, -0.05) is 0 Å². The summed E-state index contributed by atoms with van der Waals surface area (Å²) in [5.74, 6) is 0.0864. The van der Waals surface area contributed by atoms with Gasteiger partial charge in [-0.15, -0.1) is 0 Å². The molecular formula is C12H21N3O. The molecule has 0 bridgehead atoms. The molecule has 1 heterocycles. The van der Waals surface area contributed by atoms with Crippen LogP contribution in [-0.2, 0) is 11.3 Å². The number of hydrogen-bond acceptors (Lipinski definition) is 2. The quantitative estimate of drug-likeness (QED) is 0.779. The molecule has 90 valence electrons. The standard InChI is InChI=1S/C12H21N3O/c1-11(2)14(3)10-12(16)13-6-9-15-7-4-5-8-15/h4-5,7-8,11H,6,9-10H2,1-3H3,(H,13,16). The second-order valence-electron chi connectivity index (χ2n) is 4.28. The number of rotatable bonds is 6. The zero-order valence-electron chi connectivity index (χ0n) is 10.3. The van der Waals surface area contributed by atoms with E-state index in [1.807, 2.05) is 41.0 Å². The molecular weight excluding hydrogens is 202 g/mol. The van der Waals surface area contributed by atoms with Gasteiger partial charge in [-0.3, -0.25) is 9.69 Å². The SMILES string of the molecule is CC(C)N(C)CC(=O)NCCn1cccc1. The Morgan fingerprint density at radius 1 is 1.38 bits per heavy atom. The van der Waals surface area contributed by atoms with Crippen LogP contribution in [0.3, 0.4) is 0 Å². The molecule has 4 nitrogen and oxygen atoms in total. The summed E-state index contributed by atoms with van der Waals surface area (Å²) in [6, 6.07) is 4.36. The van der Waals surface area contributed by atoms with E-state index in [1.165, 1.54) is 0 Å². The highest BCUT2D eigenvalue weighted by molar-refractivity contribution is 5.77. The third-order valence-corrected chi connectivity index (χ3v) is 2.63. The minimum absolute atomic E-state index is 0.0864. The maximum atomic E-state index is 11.5. The predicted octanol–water partition coefficient (Wildman–Crippen LogP) is 0.945. The number of likely N-dealkylation sites (N-methyl/N-ethyl adjacent to an activating group) is 1. The van der Waals surface area contributed by atoms with Crippen molar-refractivity contribution in [1.82, 2.24) is 14.8 Å². The van der Waals surface area contributed by atoms with E-state index in [-0.39, 0.29) is 5.91 Å². The van der Waals surface area contributed by atoms with Gasteiger partial charge in [0.1, 0.15) is 0 Å². The normalized spacial score (nSPS) is 11.1. The monoisotopic (exact) mass is 223 g/mol. The third-order valence-electron chi connectivity index (χ3n) is 2.63. The van der Waals surface area contributed by atoms with E-state index in [1.54, 1.807) is 0 Å². The van der Waals surface area contributed by atoms with Crippen LogP contribution in [-0.4, -0.2) is 41.6 Å². The maximum absolute atomic E-state index is 11.5. The van der Waals surface area contributed by atoms with Crippen molar-refractivity contribution in [3.05, 3.63) is 24.5 Å². The lowest BCUT2D eigenvalue weighted by atomic mass is 10.3. The van der Waals surface area contributed by atoms with Gasteiger partial charge in [0, 0.05) is 31.5 Å². The van der Waals surface area contributed by atoms with Crippen molar-refractivity contribution in [3.63, 3.8) is 0 Å². The lowest BCUT2D eigenvalue weighted by Gasteiger charge is -2.20. The summed E-state index contributed by atoms with van der Waals surface area (Å²) in [5.41, 5.74) is 0. The van der Waals surface area contributed by atoms with Gasteiger partial charge in [0.05, 0.1) is 6.54 Å². The van der Waals surface area contributed by atoms with Gasteiger partial charge in [0.15, 0.2) is 0 Å². The molecule has 0 spiro atoms. The molecule has 0 unspecified atom stereocenters. The topological polar surface area (TPSA) is 37.3 Å².